The molecule has 0 heterocycles. The Balaban J connectivity index is 1.71. The minimum Gasteiger partial charge on any atom is -0.352 e. The number of benzene rings is 1. The fraction of sp³-hybridized carbons (Fsp3) is 0.467. The predicted octanol–water partition coefficient (Wildman–Crippen LogP) is 2.33. The monoisotopic (exact) mass is 292 g/mol. The van der Waals surface area contributed by atoms with E-state index in [4.69, 9.17) is 0 Å². The van der Waals surface area contributed by atoms with E-state index >= 15 is 0 Å². The van der Waals surface area contributed by atoms with Gasteiger partial charge in [0, 0.05) is 11.7 Å². The molecule has 2 rings (SSSR count). The molecule has 0 radical (unpaired) electrons. The molecule has 1 saturated carbocycles. The number of rotatable bonds is 6. The first kappa shape index (κ1) is 14.9. The number of carbonyl (C=O) groups is 2. The summed E-state index contributed by atoms with van der Waals surface area (Å²) in [6.45, 7) is 3.84. The summed E-state index contributed by atoms with van der Waals surface area (Å²) in [4.78, 5) is 23.5. The number of carbonyl (C=O) groups excluding carboxylic acids is 2. The van der Waals surface area contributed by atoms with Crippen molar-refractivity contribution in [2.24, 2.45) is 0 Å². The highest BCUT2D eigenvalue weighted by Crippen LogP contribution is 2.20. The van der Waals surface area contributed by atoms with E-state index < -0.39 is 0 Å². The SMILES string of the molecule is Cc1ccc(NC(=O)CS[C@@H](C)C(=O)NC2CC2)cc1. The van der Waals surface area contributed by atoms with Crippen molar-refractivity contribution in [3.8, 4) is 0 Å². The zero-order valence-electron chi connectivity index (χ0n) is 11.8. The number of anilines is 1. The van der Waals surface area contributed by atoms with Gasteiger partial charge in [0.25, 0.3) is 0 Å². The largest absolute Gasteiger partial charge is 0.352 e. The van der Waals surface area contributed by atoms with Gasteiger partial charge >= 0.3 is 0 Å². The fourth-order valence-corrected chi connectivity index (χ4v) is 2.35. The highest BCUT2D eigenvalue weighted by molar-refractivity contribution is 8.01. The summed E-state index contributed by atoms with van der Waals surface area (Å²) in [6, 6.07) is 8.03. The smallest absolute Gasteiger partial charge is 0.234 e. The van der Waals surface area contributed by atoms with Gasteiger partial charge in [0.15, 0.2) is 0 Å². The van der Waals surface area contributed by atoms with Crippen molar-refractivity contribution in [1.82, 2.24) is 5.32 Å². The molecule has 1 aliphatic rings. The molecular formula is C15H20N2O2S. The standard InChI is InChI=1S/C15H20N2O2S/c1-10-3-5-12(6-4-10)16-14(18)9-20-11(2)15(19)17-13-7-8-13/h3-6,11,13H,7-9H2,1-2H3,(H,16,18)(H,17,19)/t11-/m0/s1. The highest BCUT2D eigenvalue weighted by Gasteiger charge is 2.25. The van der Waals surface area contributed by atoms with Gasteiger partial charge in [-0.2, -0.15) is 0 Å². The summed E-state index contributed by atoms with van der Waals surface area (Å²) in [6.07, 6.45) is 2.16. The molecule has 0 spiro atoms. The minimum atomic E-state index is -0.195. The number of hydrogen-bond donors (Lipinski definition) is 2. The molecule has 1 fully saturated rings. The van der Waals surface area contributed by atoms with Gasteiger partial charge in [-0.1, -0.05) is 17.7 Å². The van der Waals surface area contributed by atoms with E-state index in [1.54, 1.807) is 0 Å². The number of thioether (sulfide) groups is 1. The van der Waals surface area contributed by atoms with Gasteiger partial charge in [0.2, 0.25) is 11.8 Å². The first-order valence-corrected chi connectivity index (χ1v) is 7.88. The zero-order chi connectivity index (χ0) is 14.5. The average molecular weight is 292 g/mol. The van der Waals surface area contributed by atoms with Crippen LogP contribution in [0.4, 0.5) is 5.69 Å². The Morgan fingerprint density at radius 3 is 2.55 bits per heavy atom. The molecule has 1 aliphatic carbocycles. The van der Waals surface area contributed by atoms with Crippen LogP contribution in [0.3, 0.4) is 0 Å². The summed E-state index contributed by atoms with van der Waals surface area (Å²) in [5.41, 5.74) is 1.94. The van der Waals surface area contributed by atoms with Crippen LogP contribution in [0.25, 0.3) is 0 Å². The second-order valence-corrected chi connectivity index (χ2v) is 6.48. The number of aryl methyl sites for hydroxylation is 1. The Morgan fingerprint density at radius 1 is 1.30 bits per heavy atom. The number of nitrogens with one attached hydrogen (secondary N) is 2. The maximum Gasteiger partial charge on any atom is 0.234 e. The third kappa shape index (κ3) is 4.89. The van der Waals surface area contributed by atoms with Gasteiger partial charge in [0.05, 0.1) is 11.0 Å². The molecule has 4 nitrogen and oxygen atoms in total. The lowest BCUT2D eigenvalue weighted by atomic mass is 10.2. The van der Waals surface area contributed by atoms with Crippen molar-refractivity contribution in [3.05, 3.63) is 29.8 Å². The molecule has 0 bridgehead atoms. The van der Waals surface area contributed by atoms with Gasteiger partial charge in [-0.25, -0.2) is 0 Å². The molecule has 108 valence electrons. The molecule has 0 aliphatic heterocycles. The molecule has 0 saturated heterocycles. The second kappa shape index (κ2) is 6.79. The topological polar surface area (TPSA) is 58.2 Å². The molecule has 20 heavy (non-hydrogen) atoms. The van der Waals surface area contributed by atoms with Crippen LogP contribution in [0, 0.1) is 6.92 Å². The molecule has 2 N–H and O–H groups in total. The number of amides is 2. The van der Waals surface area contributed by atoms with E-state index in [1.165, 1.54) is 11.8 Å². The van der Waals surface area contributed by atoms with Crippen LogP contribution in [0.2, 0.25) is 0 Å². The Bertz CT molecular complexity index is 483. The van der Waals surface area contributed by atoms with E-state index in [1.807, 2.05) is 38.1 Å². The van der Waals surface area contributed by atoms with Crippen molar-refractivity contribution in [3.63, 3.8) is 0 Å². The van der Waals surface area contributed by atoms with Crippen molar-refractivity contribution in [1.29, 1.82) is 0 Å². The lowest BCUT2D eigenvalue weighted by Crippen LogP contribution is -2.33. The van der Waals surface area contributed by atoms with Crippen LogP contribution < -0.4 is 10.6 Å². The lowest BCUT2D eigenvalue weighted by molar-refractivity contribution is -0.120. The van der Waals surface area contributed by atoms with Gasteiger partial charge < -0.3 is 10.6 Å². The first-order chi connectivity index (χ1) is 9.54. The Labute approximate surface area is 123 Å². The highest BCUT2D eigenvalue weighted by atomic mass is 32.2. The van der Waals surface area contributed by atoms with Gasteiger partial charge in [-0.05, 0) is 38.8 Å². The fourth-order valence-electron chi connectivity index (χ4n) is 1.66. The van der Waals surface area contributed by atoms with E-state index in [0.717, 1.165) is 24.1 Å². The van der Waals surface area contributed by atoms with Gasteiger partial charge in [-0.3, -0.25) is 9.59 Å². The first-order valence-electron chi connectivity index (χ1n) is 6.83. The van der Waals surface area contributed by atoms with Crippen molar-refractivity contribution < 1.29 is 9.59 Å². The quantitative estimate of drug-likeness (QED) is 0.846. The van der Waals surface area contributed by atoms with Crippen LogP contribution in [0.5, 0.6) is 0 Å². The maximum absolute atomic E-state index is 11.8. The average Bonchev–Trinajstić information content (AvgIpc) is 3.22. The summed E-state index contributed by atoms with van der Waals surface area (Å²) in [5, 5.41) is 5.57. The Morgan fingerprint density at radius 2 is 1.95 bits per heavy atom. The van der Waals surface area contributed by atoms with Crippen LogP contribution in [0.1, 0.15) is 25.3 Å². The van der Waals surface area contributed by atoms with E-state index in [9.17, 15) is 9.59 Å². The van der Waals surface area contributed by atoms with Gasteiger partial charge in [0.1, 0.15) is 0 Å². The predicted molar refractivity (Wildman–Crippen MR) is 82.9 cm³/mol. The molecule has 1 atom stereocenters. The molecular weight excluding hydrogens is 272 g/mol. The minimum absolute atomic E-state index is 0.0284. The molecule has 2 amide bonds. The van der Waals surface area contributed by atoms with Crippen molar-refractivity contribution in [2.75, 3.05) is 11.1 Å². The molecule has 0 aromatic heterocycles. The summed E-state index contributed by atoms with van der Waals surface area (Å²) in [7, 11) is 0. The lowest BCUT2D eigenvalue weighted by Gasteiger charge is -2.11. The van der Waals surface area contributed by atoms with Crippen molar-refractivity contribution in [2.45, 2.75) is 38.0 Å². The maximum atomic E-state index is 11.8. The summed E-state index contributed by atoms with van der Waals surface area (Å²) < 4.78 is 0. The molecule has 1 aromatic rings. The molecule has 0 unspecified atom stereocenters. The molecule has 5 heteroatoms. The van der Waals surface area contributed by atoms with E-state index in [0.29, 0.717) is 6.04 Å². The van der Waals surface area contributed by atoms with Crippen LogP contribution in [0.15, 0.2) is 24.3 Å². The third-order valence-electron chi connectivity index (χ3n) is 3.09. The normalized spacial score (nSPS) is 15.5. The van der Waals surface area contributed by atoms with Crippen LogP contribution >= 0.6 is 11.8 Å². The second-order valence-electron chi connectivity index (χ2n) is 5.15. The van der Waals surface area contributed by atoms with Gasteiger partial charge in [-0.15, -0.1) is 11.8 Å². The Kier molecular flexibility index (Phi) is 5.06. The Hall–Kier alpha value is -1.49. The van der Waals surface area contributed by atoms with Crippen LogP contribution in [-0.4, -0.2) is 28.9 Å². The van der Waals surface area contributed by atoms with Crippen molar-refractivity contribution >= 4 is 29.3 Å². The third-order valence-corrected chi connectivity index (χ3v) is 4.24. The van der Waals surface area contributed by atoms with E-state index in [-0.39, 0.29) is 22.8 Å². The number of hydrogen-bond acceptors (Lipinski definition) is 3. The summed E-state index contributed by atoms with van der Waals surface area (Å²) in [5.74, 6) is 0.234. The van der Waals surface area contributed by atoms with Crippen LogP contribution in [-0.2, 0) is 9.59 Å². The molecule has 1 aromatic carbocycles. The van der Waals surface area contributed by atoms with E-state index in [2.05, 4.69) is 10.6 Å². The summed E-state index contributed by atoms with van der Waals surface area (Å²) >= 11 is 1.36. The zero-order valence-corrected chi connectivity index (χ0v) is 12.6.